The van der Waals surface area contributed by atoms with Crippen LogP contribution in [0, 0.1) is 5.82 Å². The van der Waals surface area contributed by atoms with Crippen molar-refractivity contribution in [2.24, 2.45) is 0 Å². The topological polar surface area (TPSA) is 41.1 Å². The normalized spacial score (nSPS) is 12.1. The predicted octanol–water partition coefficient (Wildman–Crippen LogP) is 4.24. The molecule has 1 rings (SSSR count). The first-order valence-electron chi connectivity index (χ1n) is 6.64. The summed E-state index contributed by atoms with van der Waals surface area (Å²) in [6.45, 7) is 4.48. The van der Waals surface area contributed by atoms with E-state index in [9.17, 15) is 9.18 Å². The van der Waals surface area contributed by atoms with Gasteiger partial charge in [0.15, 0.2) is 5.82 Å². The lowest BCUT2D eigenvalue weighted by molar-refractivity contribution is -0.121. The van der Waals surface area contributed by atoms with Gasteiger partial charge in [0.25, 0.3) is 0 Å². The summed E-state index contributed by atoms with van der Waals surface area (Å²) < 4.78 is 13.3. The van der Waals surface area contributed by atoms with Gasteiger partial charge in [-0.15, -0.1) is 0 Å². The molecule has 2 N–H and O–H groups in total. The number of nitrogens with one attached hydrogen (secondary N) is 2. The number of anilines is 1. The largest absolute Gasteiger partial charge is 0.374 e. The summed E-state index contributed by atoms with van der Waals surface area (Å²) in [4.78, 5) is 11.8. The lowest BCUT2D eigenvalue weighted by Gasteiger charge is -2.16. The van der Waals surface area contributed by atoms with Crippen LogP contribution in [0.15, 0.2) is 12.1 Å². The molecule has 1 aromatic rings. The molecular weight excluding hydrogens is 302 g/mol. The first kappa shape index (κ1) is 17.1. The van der Waals surface area contributed by atoms with Crippen molar-refractivity contribution in [1.29, 1.82) is 0 Å². The molecule has 0 heterocycles. The third-order valence-corrected chi connectivity index (χ3v) is 3.39. The van der Waals surface area contributed by atoms with E-state index in [2.05, 4.69) is 17.6 Å². The Morgan fingerprint density at radius 2 is 1.90 bits per heavy atom. The van der Waals surface area contributed by atoms with Gasteiger partial charge in [-0.25, -0.2) is 4.39 Å². The molecule has 0 aromatic heterocycles. The lowest BCUT2D eigenvalue weighted by Crippen LogP contribution is -2.38. The van der Waals surface area contributed by atoms with Crippen LogP contribution in [0.25, 0.3) is 0 Å². The van der Waals surface area contributed by atoms with Gasteiger partial charge in [-0.3, -0.25) is 4.79 Å². The zero-order valence-electron chi connectivity index (χ0n) is 11.6. The van der Waals surface area contributed by atoms with Crippen LogP contribution in [0.5, 0.6) is 0 Å². The van der Waals surface area contributed by atoms with Gasteiger partial charge < -0.3 is 10.6 Å². The van der Waals surface area contributed by atoms with Crippen molar-refractivity contribution in [2.45, 2.75) is 39.2 Å². The maximum atomic E-state index is 13.3. The molecule has 1 unspecified atom stereocenters. The minimum Gasteiger partial charge on any atom is -0.374 e. The summed E-state index contributed by atoms with van der Waals surface area (Å²) >= 11 is 11.4. The summed E-state index contributed by atoms with van der Waals surface area (Å²) in [6, 6.07) is 2.36. The fourth-order valence-corrected chi connectivity index (χ4v) is 2.18. The molecule has 0 spiro atoms. The van der Waals surface area contributed by atoms with Crippen molar-refractivity contribution in [1.82, 2.24) is 5.32 Å². The van der Waals surface area contributed by atoms with Gasteiger partial charge in [0.05, 0.1) is 10.0 Å². The van der Waals surface area contributed by atoms with E-state index >= 15 is 0 Å². The van der Waals surface area contributed by atoms with Crippen LogP contribution in [0.1, 0.15) is 33.1 Å². The molecule has 0 saturated heterocycles. The molecule has 1 amide bonds. The molecule has 1 atom stereocenters. The SMILES string of the molecule is CCCCCNC(=O)C(C)Nc1cc(Cl)c(F)c(Cl)c1. The van der Waals surface area contributed by atoms with Crippen LogP contribution in [0.3, 0.4) is 0 Å². The van der Waals surface area contributed by atoms with Gasteiger partial charge in [-0.05, 0) is 25.5 Å². The molecule has 6 heteroatoms. The molecule has 0 aliphatic rings. The van der Waals surface area contributed by atoms with Gasteiger partial charge in [0, 0.05) is 12.2 Å². The monoisotopic (exact) mass is 320 g/mol. The van der Waals surface area contributed by atoms with Crippen molar-refractivity contribution >= 4 is 34.8 Å². The number of halogens is 3. The second-order valence-electron chi connectivity index (χ2n) is 4.62. The Bertz CT molecular complexity index is 445. The summed E-state index contributed by atoms with van der Waals surface area (Å²) in [7, 11) is 0. The summed E-state index contributed by atoms with van der Waals surface area (Å²) in [5.74, 6) is -0.770. The van der Waals surface area contributed by atoms with Gasteiger partial charge >= 0.3 is 0 Å². The van der Waals surface area contributed by atoms with E-state index in [0.717, 1.165) is 19.3 Å². The van der Waals surface area contributed by atoms with E-state index in [1.54, 1.807) is 6.92 Å². The molecule has 0 saturated carbocycles. The predicted molar refractivity (Wildman–Crippen MR) is 82.0 cm³/mol. The van der Waals surface area contributed by atoms with Crippen molar-refractivity contribution < 1.29 is 9.18 Å². The standard InChI is InChI=1S/C14H19Cl2FN2O/c1-3-4-5-6-18-14(20)9(2)19-10-7-11(15)13(17)12(16)8-10/h7-9,19H,3-6H2,1-2H3,(H,18,20). The molecule has 0 radical (unpaired) electrons. The third-order valence-electron chi connectivity index (χ3n) is 2.84. The van der Waals surface area contributed by atoms with Crippen molar-refractivity contribution in [3.63, 3.8) is 0 Å². The number of unbranched alkanes of at least 4 members (excludes halogenated alkanes) is 2. The Balaban J connectivity index is 2.53. The summed E-state index contributed by atoms with van der Waals surface area (Å²) in [6.07, 6.45) is 3.16. The first-order chi connectivity index (χ1) is 9.45. The quantitative estimate of drug-likeness (QED) is 0.582. The molecule has 0 aliphatic carbocycles. The second kappa shape index (κ2) is 8.32. The first-order valence-corrected chi connectivity index (χ1v) is 7.40. The Morgan fingerprint density at radius 1 is 1.30 bits per heavy atom. The highest BCUT2D eigenvalue weighted by molar-refractivity contribution is 6.35. The Morgan fingerprint density at radius 3 is 2.45 bits per heavy atom. The number of hydrogen-bond acceptors (Lipinski definition) is 2. The molecule has 20 heavy (non-hydrogen) atoms. The zero-order chi connectivity index (χ0) is 15.1. The van der Waals surface area contributed by atoms with E-state index in [0.29, 0.717) is 12.2 Å². The Labute approximate surface area is 128 Å². The fourth-order valence-electron chi connectivity index (χ4n) is 1.69. The van der Waals surface area contributed by atoms with Crippen LogP contribution in [-0.4, -0.2) is 18.5 Å². The maximum absolute atomic E-state index is 13.3. The summed E-state index contributed by atoms with van der Waals surface area (Å²) in [5, 5.41) is 5.63. The van der Waals surface area contributed by atoms with Crippen molar-refractivity contribution in [3.05, 3.63) is 28.0 Å². The zero-order valence-corrected chi connectivity index (χ0v) is 13.1. The number of rotatable bonds is 7. The van der Waals surface area contributed by atoms with Crippen molar-refractivity contribution in [2.75, 3.05) is 11.9 Å². The molecule has 112 valence electrons. The van der Waals surface area contributed by atoms with Gasteiger partial charge in [-0.2, -0.15) is 0 Å². The highest BCUT2D eigenvalue weighted by Crippen LogP contribution is 2.27. The van der Waals surface area contributed by atoms with Crippen LogP contribution in [-0.2, 0) is 4.79 Å². The molecule has 0 aliphatic heterocycles. The average molecular weight is 321 g/mol. The second-order valence-corrected chi connectivity index (χ2v) is 5.43. The van der Waals surface area contributed by atoms with Crippen LogP contribution in [0.4, 0.5) is 10.1 Å². The average Bonchev–Trinajstić information content (AvgIpc) is 2.40. The minimum absolute atomic E-state index is 0.0736. The summed E-state index contributed by atoms with van der Waals surface area (Å²) in [5.41, 5.74) is 0.512. The number of carbonyl (C=O) groups is 1. The highest BCUT2D eigenvalue weighted by atomic mass is 35.5. The van der Waals surface area contributed by atoms with Gasteiger partial charge in [0.1, 0.15) is 6.04 Å². The minimum atomic E-state index is -0.657. The maximum Gasteiger partial charge on any atom is 0.242 e. The van der Waals surface area contributed by atoms with E-state index in [4.69, 9.17) is 23.2 Å². The number of hydrogen-bond donors (Lipinski definition) is 2. The Kier molecular flexibility index (Phi) is 7.10. The fraction of sp³-hybridized carbons (Fsp3) is 0.500. The lowest BCUT2D eigenvalue weighted by atomic mass is 10.2. The molecular formula is C14H19Cl2FN2O. The van der Waals surface area contributed by atoms with Crippen LogP contribution in [0.2, 0.25) is 10.0 Å². The molecule has 0 fully saturated rings. The molecule has 0 bridgehead atoms. The Hall–Kier alpha value is -1.00. The third kappa shape index (κ3) is 5.17. The molecule has 3 nitrogen and oxygen atoms in total. The smallest absolute Gasteiger partial charge is 0.242 e. The van der Waals surface area contributed by atoms with E-state index in [1.807, 2.05) is 0 Å². The number of carbonyl (C=O) groups excluding carboxylic acids is 1. The van der Waals surface area contributed by atoms with Crippen molar-refractivity contribution in [3.8, 4) is 0 Å². The van der Waals surface area contributed by atoms with Gasteiger partial charge in [0.2, 0.25) is 5.91 Å². The van der Waals surface area contributed by atoms with Crippen LogP contribution >= 0.6 is 23.2 Å². The van der Waals surface area contributed by atoms with E-state index in [-0.39, 0.29) is 16.0 Å². The van der Waals surface area contributed by atoms with E-state index < -0.39 is 11.9 Å². The number of benzene rings is 1. The number of amides is 1. The van der Waals surface area contributed by atoms with Crippen LogP contribution < -0.4 is 10.6 Å². The van der Waals surface area contributed by atoms with Gasteiger partial charge in [-0.1, -0.05) is 43.0 Å². The van der Waals surface area contributed by atoms with E-state index in [1.165, 1.54) is 12.1 Å². The highest BCUT2D eigenvalue weighted by Gasteiger charge is 2.14. The molecule has 1 aromatic carbocycles.